The summed E-state index contributed by atoms with van der Waals surface area (Å²) in [5, 5.41) is 49.6. The van der Waals surface area contributed by atoms with Crippen molar-refractivity contribution in [2.45, 2.75) is 117 Å². The molecule has 0 fully saturated rings. The van der Waals surface area contributed by atoms with Gasteiger partial charge in [0, 0.05) is 74.1 Å². The predicted octanol–water partition coefficient (Wildman–Crippen LogP) is 8.93. The highest BCUT2D eigenvalue weighted by Gasteiger charge is 2.30. The summed E-state index contributed by atoms with van der Waals surface area (Å²) in [4.78, 5) is 25.1. The Hall–Kier alpha value is -7.30. The second-order valence-electron chi connectivity index (χ2n) is 19.4. The largest absolute Gasteiger partial charge is 0.391 e. The van der Waals surface area contributed by atoms with Crippen molar-refractivity contribution < 1.29 is 10.2 Å². The van der Waals surface area contributed by atoms with E-state index in [4.69, 9.17) is 19.9 Å². The topological polar surface area (TPSA) is 207 Å². The van der Waals surface area contributed by atoms with Crippen molar-refractivity contribution in [3.8, 4) is 45.0 Å². The number of nitrogens with one attached hydrogen (secondary N) is 2. The van der Waals surface area contributed by atoms with Gasteiger partial charge in [-0.2, -0.15) is 10.4 Å². The molecule has 0 amide bonds. The number of rotatable bonds is 18. The Morgan fingerprint density at radius 1 is 0.431 bits per heavy atom. The number of aliphatic hydroxyl groups excluding tert-OH is 2. The van der Waals surface area contributed by atoms with Gasteiger partial charge in [0.2, 0.25) is 0 Å². The lowest BCUT2D eigenvalue weighted by molar-refractivity contribution is 0.172. The number of β-amino-alcohol motifs (C(OH)–C–C–N with tert-alkyl or cyclic N) is 2. The van der Waals surface area contributed by atoms with Gasteiger partial charge < -0.3 is 20.0 Å². The Morgan fingerprint density at radius 3 is 1.07 bits per heavy atom. The second kappa shape index (κ2) is 23.7. The minimum atomic E-state index is -0.443. The fraction of sp³-hybridized carbons (Fsp3) is 0.393. The lowest BCUT2D eigenvalue weighted by Gasteiger charge is -2.33. The SMILES string of the molecule is Cc1ccc(-c2nc3c(nc2-c2ccc(C)cc2)N(CCCCCCc2nn[nH]n2)C[C@@H](O)C3)cc1.Cc1ccc(-c2nc3c(nc2-c2ccc(C)cc2)N(CCCCCCc2nn[nH]n2)C[C@H](O)C3)cc1. The molecule has 4 aromatic carbocycles. The van der Waals surface area contributed by atoms with Crippen LogP contribution in [0.15, 0.2) is 97.1 Å². The zero-order valence-corrected chi connectivity index (χ0v) is 42.0. The van der Waals surface area contributed by atoms with E-state index in [1.54, 1.807) is 0 Å². The van der Waals surface area contributed by atoms with Crippen molar-refractivity contribution in [1.29, 1.82) is 0 Å². The minimum Gasteiger partial charge on any atom is -0.391 e. The molecule has 0 saturated carbocycles. The summed E-state index contributed by atoms with van der Waals surface area (Å²) in [7, 11) is 0. The first kappa shape index (κ1) is 49.7. The Morgan fingerprint density at radius 2 is 0.750 bits per heavy atom. The van der Waals surface area contributed by atoms with E-state index in [-0.39, 0.29) is 0 Å². The van der Waals surface area contributed by atoms with E-state index in [0.29, 0.717) is 25.9 Å². The Bertz CT molecular complexity index is 2740. The van der Waals surface area contributed by atoms with Gasteiger partial charge in [0.1, 0.15) is 0 Å². The molecule has 0 radical (unpaired) electrons. The van der Waals surface area contributed by atoms with Crippen molar-refractivity contribution in [2.75, 3.05) is 36.0 Å². The number of aryl methyl sites for hydroxylation is 6. The number of aromatic nitrogens is 12. The van der Waals surface area contributed by atoms with Gasteiger partial charge in [0.15, 0.2) is 23.3 Å². The third-order valence-corrected chi connectivity index (χ3v) is 13.4. The molecule has 0 saturated heterocycles. The van der Waals surface area contributed by atoms with Crippen LogP contribution >= 0.6 is 0 Å². The molecule has 0 aliphatic carbocycles. The lowest BCUT2D eigenvalue weighted by atomic mass is 10.00. The van der Waals surface area contributed by atoms with Crippen molar-refractivity contribution >= 4 is 11.6 Å². The summed E-state index contributed by atoms with van der Waals surface area (Å²) >= 11 is 0. The van der Waals surface area contributed by atoms with Crippen molar-refractivity contribution in [3.05, 3.63) is 142 Å². The Kier molecular flexibility index (Phi) is 16.4. The maximum atomic E-state index is 10.7. The number of H-pyrrole nitrogens is 2. The van der Waals surface area contributed by atoms with Gasteiger partial charge in [-0.15, -0.1) is 20.4 Å². The summed E-state index contributed by atoms with van der Waals surface area (Å²) in [5.41, 5.74) is 14.3. The molecule has 10 rings (SSSR count). The highest BCUT2D eigenvalue weighted by atomic mass is 16.3. The van der Waals surface area contributed by atoms with Gasteiger partial charge in [-0.05, 0) is 53.4 Å². The molecule has 0 unspecified atom stereocenters. The molecule has 16 nitrogen and oxygen atoms in total. The van der Waals surface area contributed by atoms with E-state index in [2.05, 4.69) is 176 Å². The number of nitrogens with zero attached hydrogens (tertiary/aromatic N) is 12. The maximum Gasteiger partial charge on any atom is 0.174 e. The van der Waals surface area contributed by atoms with Crippen LogP contribution in [0.5, 0.6) is 0 Å². The van der Waals surface area contributed by atoms with Crippen LogP contribution in [0, 0.1) is 27.7 Å². The van der Waals surface area contributed by atoms with Crippen molar-refractivity contribution in [3.63, 3.8) is 0 Å². The minimum absolute atomic E-state index is 0.443. The summed E-state index contributed by atoms with van der Waals surface area (Å²) < 4.78 is 0. The van der Waals surface area contributed by atoms with Crippen LogP contribution in [0.4, 0.5) is 11.6 Å². The van der Waals surface area contributed by atoms with Gasteiger partial charge in [0.05, 0.1) is 46.4 Å². The summed E-state index contributed by atoms with van der Waals surface area (Å²) in [6.07, 6.45) is 10.4. The van der Waals surface area contributed by atoms with Gasteiger partial charge in [-0.3, -0.25) is 0 Å². The number of benzene rings is 4. The number of aromatic amines is 2. The van der Waals surface area contributed by atoms with Gasteiger partial charge in [-0.25, -0.2) is 19.9 Å². The quantitative estimate of drug-likeness (QED) is 0.0593. The van der Waals surface area contributed by atoms with E-state index < -0.39 is 12.2 Å². The number of anilines is 2. The molecular formula is C56H66N14O2. The smallest absolute Gasteiger partial charge is 0.174 e. The van der Waals surface area contributed by atoms with Crippen LogP contribution in [0.25, 0.3) is 45.0 Å². The zero-order chi connectivity index (χ0) is 49.8. The van der Waals surface area contributed by atoms with Crippen molar-refractivity contribution in [1.82, 2.24) is 61.2 Å². The normalized spacial score (nSPS) is 15.2. The molecule has 4 aromatic heterocycles. The van der Waals surface area contributed by atoms with Crippen molar-refractivity contribution in [2.24, 2.45) is 0 Å². The number of tetrazole rings is 2. The van der Waals surface area contributed by atoms with E-state index >= 15 is 0 Å². The molecule has 0 spiro atoms. The van der Waals surface area contributed by atoms with Crippen LogP contribution in [0.3, 0.4) is 0 Å². The summed E-state index contributed by atoms with van der Waals surface area (Å²) in [6, 6.07) is 33.8. The number of unbranched alkanes of at least 4 members (excludes halogenated alkanes) is 6. The number of aliphatic hydroxyl groups is 2. The molecule has 2 aliphatic heterocycles. The first-order valence-electron chi connectivity index (χ1n) is 25.5. The van der Waals surface area contributed by atoms with Crippen LogP contribution in [0.2, 0.25) is 0 Å². The van der Waals surface area contributed by atoms with Crippen LogP contribution < -0.4 is 9.80 Å². The van der Waals surface area contributed by atoms with Gasteiger partial charge in [-0.1, -0.05) is 155 Å². The van der Waals surface area contributed by atoms with Gasteiger partial charge in [0.25, 0.3) is 0 Å². The summed E-state index contributed by atoms with van der Waals surface area (Å²) in [5.74, 6) is 3.34. The molecule has 16 heteroatoms. The Balaban J connectivity index is 0.000000178. The number of fused-ring (bicyclic) bond motifs is 2. The lowest BCUT2D eigenvalue weighted by Crippen LogP contribution is -2.40. The first-order valence-corrected chi connectivity index (χ1v) is 25.5. The van der Waals surface area contributed by atoms with E-state index in [0.717, 1.165) is 157 Å². The molecule has 372 valence electrons. The number of hydrogen-bond acceptors (Lipinski definition) is 14. The molecule has 2 aliphatic rings. The third kappa shape index (κ3) is 12.8. The molecule has 6 heterocycles. The highest BCUT2D eigenvalue weighted by Crippen LogP contribution is 2.37. The second-order valence-corrected chi connectivity index (χ2v) is 19.4. The molecule has 2 atom stereocenters. The van der Waals surface area contributed by atoms with Gasteiger partial charge >= 0.3 is 0 Å². The maximum absolute atomic E-state index is 10.7. The molecular weight excluding hydrogens is 901 g/mol. The van der Waals surface area contributed by atoms with E-state index in [9.17, 15) is 10.2 Å². The molecule has 0 bridgehead atoms. The predicted molar refractivity (Wildman–Crippen MR) is 281 cm³/mol. The van der Waals surface area contributed by atoms with Crippen LogP contribution in [-0.4, -0.2) is 110 Å². The highest BCUT2D eigenvalue weighted by molar-refractivity contribution is 5.81. The average molecular weight is 967 g/mol. The molecule has 4 N–H and O–H groups in total. The Labute approximate surface area is 421 Å². The zero-order valence-electron chi connectivity index (χ0n) is 42.0. The summed E-state index contributed by atoms with van der Waals surface area (Å²) in [6.45, 7) is 11.2. The first-order chi connectivity index (χ1) is 35.1. The fourth-order valence-electron chi connectivity index (χ4n) is 9.46. The monoisotopic (exact) mass is 967 g/mol. The standard InChI is InChI=1S/2C28H33N7O/c2*1-19-8-12-21(13-9-19)26-27(22-14-10-20(2)11-15-22)30-28-24(29-26)17-23(36)18-35(28)16-6-4-3-5-7-25-31-33-34-32-25/h2*8-15,23,36H,3-7,16-18H2,1-2H3,(H,31,32,33,34)/t2*23-/m10/s1. The van der Waals surface area contributed by atoms with Crippen LogP contribution in [0.1, 0.15) is 96.7 Å². The van der Waals surface area contributed by atoms with E-state index in [1.807, 2.05) is 0 Å². The average Bonchev–Trinajstić information content (AvgIpc) is 4.12. The van der Waals surface area contributed by atoms with E-state index in [1.165, 1.54) is 22.3 Å². The molecule has 8 aromatic rings. The third-order valence-electron chi connectivity index (χ3n) is 13.4. The fourth-order valence-corrected chi connectivity index (χ4v) is 9.46. The number of hydrogen-bond donors (Lipinski definition) is 4. The molecule has 72 heavy (non-hydrogen) atoms. The van der Waals surface area contributed by atoms with Crippen LogP contribution in [-0.2, 0) is 25.7 Å².